The van der Waals surface area contributed by atoms with Crippen molar-refractivity contribution in [1.82, 2.24) is 9.97 Å². The van der Waals surface area contributed by atoms with Crippen LogP contribution in [-0.2, 0) is 6.54 Å². The number of pyridine rings is 2. The van der Waals surface area contributed by atoms with Gasteiger partial charge < -0.3 is 10.1 Å². The van der Waals surface area contributed by atoms with Crippen molar-refractivity contribution in [3.63, 3.8) is 0 Å². The van der Waals surface area contributed by atoms with Gasteiger partial charge in [0.2, 0.25) is 5.88 Å². The minimum Gasteiger partial charge on any atom is -0.475 e. The molecule has 0 bridgehead atoms. The van der Waals surface area contributed by atoms with Crippen LogP contribution in [0.15, 0.2) is 36.7 Å². The van der Waals surface area contributed by atoms with Gasteiger partial charge in [-0.1, -0.05) is 6.07 Å². The van der Waals surface area contributed by atoms with Crippen molar-refractivity contribution in [2.24, 2.45) is 0 Å². The fourth-order valence-electron chi connectivity index (χ4n) is 1.74. The second-order valence-corrected chi connectivity index (χ2v) is 4.67. The maximum absolute atomic E-state index is 5.69. The van der Waals surface area contributed by atoms with E-state index in [-0.39, 0.29) is 6.10 Å². The van der Waals surface area contributed by atoms with Crippen molar-refractivity contribution in [2.75, 3.05) is 5.32 Å². The molecule has 4 nitrogen and oxygen atoms in total. The van der Waals surface area contributed by atoms with Crippen LogP contribution >= 0.6 is 0 Å². The number of hydrogen-bond donors (Lipinski definition) is 1. The van der Waals surface area contributed by atoms with E-state index in [2.05, 4.69) is 15.3 Å². The fourth-order valence-corrected chi connectivity index (χ4v) is 1.74. The Labute approximate surface area is 113 Å². The van der Waals surface area contributed by atoms with E-state index in [0.29, 0.717) is 12.4 Å². The van der Waals surface area contributed by atoms with E-state index in [4.69, 9.17) is 4.74 Å². The number of anilines is 1. The highest BCUT2D eigenvalue weighted by Crippen LogP contribution is 2.18. The Morgan fingerprint density at radius 1 is 1.21 bits per heavy atom. The van der Waals surface area contributed by atoms with Crippen LogP contribution in [0.5, 0.6) is 5.88 Å². The van der Waals surface area contributed by atoms with E-state index < -0.39 is 0 Å². The van der Waals surface area contributed by atoms with E-state index in [1.54, 1.807) is 12.4 Å². The normalized spacial score (nSPS) is 10.5. The molecule has 0 radical (unpaired) electrons. The Hall–Kier alpha value is -2.10. The smallest absolute Gasteiger partial charge is 0.218 e. The van der Waals surface area contributed by atoms with Crippen molar-refractivity contribution in [3.05, 3.63) is 47.9 Å². The van der Waals surface area contributed by atoms with Gasteiger partial charge in [-0.15, -0.1) is 0 Å². The molecule has 0 aromatic carbocycles. The first kappa shape index (κ1) is 13.3. The van der Waals surface area contributed by atoms with E-state index in [1.807, 2.05) is 45.0 Å². The van der Waals surface area contributed by atoms with Gasteiger partial charge in [0.15, 0.2) is 0 Å². The number of ether oxygens (including phenoxy) is 1. The standard InChI is InChI=1S/C15H19N3O/c1-11(2)19-15-13(5-4-7-17-15)10-18-14-6-8-16-12(3)9-14/h4-9,11H,10H2,1-3H3,(H,16,18). The third-order valence-corrected chi connectivity index (χ3v) is 2.58. The third kappa shape index (κ3) is 3.95. The van der Waals surface area contributed by atoms with E-state index >= 15 is 0 Å². The summed E-state index contributed by atoms with van der Waals surface area (Å²) in [7, 11) is 0. The Morgan fingerprint density at radius 3 is 2.79 bits per heavy atom. The van der Waals surface area contributed by atoms with Crippen LogP contribution < -0.4 is 10.1 Å². The summed E-state index contributed by atoms with van der Waals surface area (Å²) < 4.78 is 5.69. The van der Waals surface area contributed by atoms with Gasteiger partial charge in [-0.2, -0.15) is 0 Å². The molecule has 100 valence electrons. The van der Waals surface area contributed by atoms with E-state index in [1.165, 1.54) is 0 Å². The third-order valence-electron chi connectivity index (χ3n) is 2.58. The molecule has 1 N–H and O–H groups in total. The first-order valence-corrected chi connectivity index (χ1v) is 6.42. The zero-order chi connectivity index (χ0) is 13.7. The first-order valence-electron chi connectivity index (χ1n) is 6.42. The largest absolute Gasteiger partial charge is 0.475 e. The average molecular weight is 257 g/mol. The predicted molar refractivity (Wildman–Crippen MR) is 76.3 cm³/mol. The lowest BCUT2D eigenvalue weighted by molar-refractivity contribution is 0.230. The second kappa shape index (κ2) is 6.18. The Morgan fingerprint density at radius 2 is 2.05 bits per heavy atom. The summed E-state index contributed by atoms with van der Waals surface area (Å²) >= 11 is 0. The Balaban J connectivity index is 2.07. The minimum atomic E-state index is 0.122. The summed E-state index contributed by atoms with van der Waals surface area (Å²) in [6.45, 7) is 6.65. The summed E-state index contributed by atoms with van der Waals surface area (Å²) in [5.74, 6) is 0.691. The second-order valence-electron chi connectivity index (χ2n) is 4.67. The zero-order valence-electron chi connectivity index (χ0n) is 11.6. The van der Waals surface area contributed by atoms with Crippen LogP contribution in [0.4, 0.5) is 5.69 Å². The fraction of sp³-hybridized carbons (Fsp3) is 0.333. The van der Waals surface area contributed by atoms with Gasteiger partial charge in [0.05, 0.1) is 6.10 Å². The summed E-state index contributed by atoms with van der Waals surface area (Å²) in [6.07, 6.45) is 3.67. The van der Waals surface area contributed by atoms with Gasteiger partial charge >= 0.3 is 0 Å². The van der Waals surface area contributed by atoms with Gasteiger partial charge in [0.1, 0.15) is 0 Å². The monoisotopic (exact) mass is 257 g/mol. The summed E-state index contributed by atoms with van der Waals surface area (Å²) in [4.78, 5) is 8.45. The van der Waals surface area contributed by atoms with Crippen LogP contribution in [0.2, 0.25) is 0 Å². The topological polar surface area (TPSA) is 47.0 Å². The van der Waals surface area contributed by atoms with Crippen molar-refractivity contribution in [1.29, 1.82) is 0 Å². The number of aromatic nitrogens is 2. The first-order chi connectivity index (χ1) is 9.15. The van der Waals surface area contributed by atoms with Gasteiger partial charge in [-0.25, -0.2) is 4.98 Å². The van der Waals surface area contributed by atoms with Crippen LogP contribution in [0.25, 0.3) is 0 Å². The molecule has 0 fully saturated rings. The van der Waals surface area contributed by atoms with Gasteiger partial charge in [0.25, 0.3) is 0 Å². The molecule has 0 aliphatic carbocycles. The molecular formula is C15H19N3O. The molecule has 2 aromatic heterocycles. The van der Waals surface area contributed by atoms with Gasteiger partial charge in [-0.05, 0) is 39.0 Å². The average Bonchev–Trinajstić information content (AvgIpc) is 2.37. The molecular weight excluding hydrogens is 238 g/mol. The van der Waals surface area contributed by atoms with Gasteiger partial charge in [-0.3, -0.25) is 4.98 Å². The molecule has 0 amide bonds. The van der Waals surface area contributed by atoms with E-state index in [0.717, 1.165) is 16.9 Å². The number of aryl methyl sites for hydroxylation is 1. The van der Waals surface area contributed by atoms with Crippen molar-refractivity contribution in [3.8, 4) is 5.88 Å². The van der Waals surface area contributed by atoms with Gasteiger partial charge in [0, 0.05) is 35.9 Å². The maximum atomic E-state index is 5.69. The number of nitrogens with one attached hydrogen (secondary N) is 1. The van der Waals surface area contributed by atoms with Crippen LogP contribution in [0, 0.1) is 6.92 Å². The van der Waals surface area contributed by atoms with Crippen molar-refractivity contribution >= 4 is 5.69 Å². The molecule has 0 atom stereocenters. The highest BCUT2D eigenvalue weighted by atomic mass is 16.5. The van der Waals surface area contributed by atoms with Crippen molar-refractivity contribution in [2.45, 2.75) is 33.4 Å². The molecule has 0 aliphatic rings. The highest BCUT2D eigenvalue weighted by Gasteiger charge is 2.06. The lowest BCUT2D eigenvalue weighted by Crippen LogP contribution is -2.10. The summed E-state index contributed by atoms with van der Waals surface area (Å²) in [6, 6.07) is 7.90. The molecule has 0 spiro atoms. The quantitative estimate of drug-likeness (QED) is 0.893. The maximum Gasteiger partial charge on any atom is 0.218 e. The zero-order valence-corrected chi connectivity index (χ0v) is 11.6. The summed E-state index contributed by atoms with van der Waals surface area (Å²) in [5, 5.41) is 3.36. The molecule has 4 heteroatoms. The number of rotatable bonds is 5. The Kier molecular flexibility index (Phi) is 4.34. The van der Waals surface area contributed by atoms with E-state index in [9.17, 15) is 0 Å². The molecule has 0 aliphatic heterocycles. The molecule has 0 saturated carbocycles. The summed E-state index contributed by atoms with van der Waals surface area (Å²) in [5.41, 5.74) is 3.09. The molecule has 2 heterocycles. The Bertz CT molecular complexity index is 540. The molecule has 2 rings (SSSR count). The van der Waals surface area contributed by atoms with Crippen LogP contribution in [-0.4, -0.2) is 16.1 Å². The lowest BCUT2D eigenvalue weighted by Gasteiger charge is -2.13. The SMILES string of the molecule is Cc1cc(NCc2cccnc2OC(C)C)ccn1. The molecule has 0 unspecified atom stereocenters. The van der Waals surface area contributed by atoms with Crippen molar-refractivity contribution < 1.29 is 4.74 Å². The molecule has 2 aromatic rings. The molecule has 19 heavy (non-hydrogen) atoms. The van der Waals surface area contributed by atoms with Crippen LogP contribution in [0.3, 0.4) is 0 Å². The van der Waals surface area contributed by atoms with Crippen LogP contribution in [0.1, 0.15) is 25.1 Å². The number of nitrogens with zero attached hydrogens (tertiary/aromatic N) is 2. The predicted octanol–water partition coefficient (Wildman–Crippen LogP) is 3.18. The highest BCUT2D eigenvalue weighted by molar-refractivity contribution is 5.44. The number of hydrogen-bond acceptors (Lipinski definition) is 4. The minimum absolute atomic E-state index is 0.122. The lowest BCUT2D eigenvalue weighted by atomic mass is 10.2. The molecule has 0 saturated heterocycles.